The lowest BCUT2D eigenvalue weighted by atomic mass is 10.2. The normalized spacial score (nSPS) is 11.0. The number of nitrogens with one attached hydrogen (secondary N) is 1. The van der Waals surface area contributed by atoms with Gasteiger partial charge in [0.25, 0.3) is 0 Å². The summed E-state index contributed by atoms with van der Waals surface area (Å²) in [6, 6.07) is 10.2. The molecule has 108 valence electrons. The van der Waals surface area contributed by atoms with Crippen molar-refractivity contribution < 1.29 is 4.74 Å². The lowest BCUT2D eigenvalue weighted by molar-refractivity contribution is 0.414. The fourth-order valence-electron chi connectivity index (χ4n) is 2.09. The molecule has 0 saturated carbocycles. The number of hydrogen-bond acceptors (Lipinski definition) is 3. The summed E-state index contributed by atoms with van der Waals surface area (Å²) in [5, 5.41) is 7.85. The van der Waals surface area contributed by atoms with Crippen LogP contribution in [-0.2, 0) is 13.1 Å². The Hall–Kier alpha value is -1.81. The van der Waals surface area contributed by atoms with Gasteiger partial charge in [0, 0.05) is 12.7 Å². The minimum Gasteiger partial charge on any atom is -0.497 e. The molecular formula is C16H23N3O. The van der Waals surface area contributed by atoms with Crippen LogP contribution in [0.4, 0.5) is 0 Å². The molecule has 2 aromatic rings. The Morgan fingerprint density at radius 1 is 1.30 bits per heavy atom. The molecule has 4 heteroatoms. The Kier molecular flexibility index (Phi) is 5.18. The number of hydrogen-bond donors (Lipinski definition) is 1. The van der Waals surface area contributed by atoms with Gasteiger partial charge in [-0.2, -0.15) is 5.10 Å². The Balaban J connectivity index is 2.00. The van der Waals surface area contributed by atoms with Crippen LogP contribution in [0.5, 0.6) is 5.75 Å². The number of benzene rings is 1. The van der Waals surface area contributed by atoms with Crippen molar-refractivity contribution in [3.63, 3.8) is 0 Å². The van der Waals surface area contributed by atoms with E-state index in [0.29, 0.717) is 5.92 Å². The van der Waals surface area contributed by atoms with Crippen molar-refractivity contribution in [2.75, 3.05) is 13.7 Å². The van der Waals surface area contributed by atoms with Gasteiger partial charge in [0.1, 0.15) is 5.75 Å². The van der Waals surface area contributed by atoms with E-state index in [0.717, 1.165) is 25.4 Å². The highest BCUT2D eigenvalue weighted by Gasteiger charge is 2.04. The van der Waals surface area contributed by atoms with E-state index in [-0.39, 0.29) is 0 Å². The van der Waals surface area contributed by atoms with Crippen molar-refractivity contribution in [2.24, 2.45) is 5.92 Å². The van der Waals surface area contributed by atoms with Gasteiger partial charge < -0.3 is 10.1 Å². The third kappa shape index (κ3) is 4.10. The molecule has 1 N–H and O–H groups in total. The van der Waals surface area contributed by atoms with Crippen LogP contribution in [0, 0.1) is 5.92 Å². The van der Waals surface area contributed by atoms with E-state index in [1.807, 2.05) is 29.1 Å². The Labute approximate surface area is 120 Å². The summed E-state index contributed by atoms with van der Waals surface area (Å²) < 4.78 is 7.28. The van der Waals surface area contributed by atoms with Crippen LogP contribution in [0.2, 0.25) is 0 Å². The third-order valence-corrected chi connectivity index (χ3v) is 3.13. The first-order chi connectivity index (χ1) is 9.69. The third-order valence-electron chi connectivity index (χ3n) is 3.13. The van der Waals surface area contributed by atoms with E-state index in [2.05, 4.69) is 36.4 Å². The quantitative estimate of drug-likeness (QED) is 0.843. The number of methoxy groups -OCH3 is 1. The van der Waals surface area contributed by atoms with Crippen molar-refractivity contribution in [3.05, 3.63) is 47.8 Å². The number of nitrogens with zero attached hydrogens (tertiary/aromatic N) is 2. The van der Waals surface area contributed by atoms with Gasteiger partial charge in [0.2, 0.25) is 0 Å². The molecule has 20 heavy (non-hydrogen) atoms. The Morgan fingerprint density at radius 3 is 2.90 bits per heavy atom. The minimum atomic E-state index is 0.657. The van der Waals surface area contributed by atoms with Gasteiger partial charge in [0.05, 0.1) is 19.3 Å². The molecule has 0 amide bonds. The lowest BCUT2D eigenvalue weighted by Crippen LogP contribution is -2.21. The Morgan fingerprint density at radius 2 is 2.15 bits per heavy atom. The average molecular weight is 273 g/mol. The summed E-state index contributed by atoms with van der Waals surface area (Å²) in [5.41, 5.74) is 2.40. The largest absolute Gasteiger partial charge is 0.497 e. The SMILES string of the molecule is COc1cccc(Cn2nccc2CNCC(C)C)c1. The van der Waals surface area contributed by atoms with Crippen LogP contribution in [0.3, 0.4) is 0 Å². The highest BCUT2D eigenvalue weighted by atomic mass is 16.5. The van der Waals surface area contributed by atoms with Gasteiger partial charge in [-0.25, -0.2) is 0 Å². The van der Waals surface area contributed by atoms with Gasteiger partial charge in [-0.15, -0.1) is 0 Å². The molecule has 0 aliphatic rings. The second-order valence-corrected chi connectivity index (χ2v) is 5.36. The first-order valence-electron chi connectivity index (χ1n) is 7.03. The van der Waals surface area contributed by atoms with Crippen molar-refractivity contribution in [3.8, 4) is 5.75 Å². The summed E-state index contributed by atoms with van der Waals surface area (Å²) in [6.45, 7) is 7.05. The van der Waals surface area contributed by atoms with Gasteiger partial charge in [-0.3, -0.25) is 4.68 Å². The summed E-state index contributed by atoms with van der Waals surface area (Å²) in [6.07, 6.45) is 1.85. The molecular weight excluding hydrogens is 250 g/mol. The van der Waals surface area contributed by atoms with Gasteiger partial charge in [-0.1, -0.05) is 26.0 Å². The maximum Gasteiger partial charge on any atom is 0.119 e. The van der Waals surface area contributed by atoms with Crippen LogP contribution in [0.1, 0.15) is 25.1 Å². The monoisotopic (exact) mass is 273 g/mol. The van der Waals surface area contributed by atoms with Crippen molar-refractivity contribution in [1.82, 2.24) is 15.1 Å². The second kappa shape index (κ2) is 7.10. The molecule has 1 aromatic heterocycles. The maximum atomic E-state index is 5.25. The molecule has 1 heterocycles. The highest BCUT2D eigenvalue weighted by Crippen LogP contribution is 2.14. The number of aromatic nitrogens is 2. The van der Waals surface area contributed by atoms with Crippen LogP contribution in [-0.4, -0.2) is 23.4 Å². The molecule has 0 radical (unpaired) electrons. The van der Waals surface area contributed by atoms with E-state index >= 15 is 0 Å². The lowest BCUT2D eigenvalue weighted by Gasteiger charge is -2.11. The van der Waals surface area contributed by atoms with Crippen LogP contribution >= 0.6 is 0 Å². The maximum absolute atomic E-state index is 5.25. The molecule has 0 spiro atoms. The smallest absolute Gasteiger partial charge is 0.119 e. The van der Waals surface area contributed by atoms with Crippen molar-refractivity contribution in [2.45, 2.75) is 26.9 Å². The topological polar surface area (TPSA) is 39.1 Å². The zero-order chi connectivity index (χ0) is 14.4. The zero-order valence-corrected chi connectivity index (χ0v) is 12.5. The predicted molar refractivity (Wildman–Crippen MR) is 80.9 cm³/mol. The standard InChI is InChI=1S/C16H23N3O/c1-13(2)10-17-11-15-7-8-18-19(15)12-14-5-4-6-16(9-14)20-3/h4-9,13,17H,10-12H2,1-3H3. The zero-order valence-electron chi connectivity index (χ0n) is 12.5. The fraction of sp³-hybridized carbons (Fsp3) is 0.438. The molecule has 0 aliphatic heterocycles. The van der Waals surface area contributed by atoms with Crippen LogP contribution in [0.25, 0.3) is 0 Å². The Bertz CT molecular complexity index is 534. The molecule has 4 nitrogen and oxygen atoms in total. The van der Waals surface area contributed by atoms with E-state index in [1.54, 1.807) is 7.11 Å². The van der Waals surface area contributed by atoms with E-state index in [4.69, 9.17) is 4.74 Å². The summed E-state index contributed by atoms with van der Waals surface area (Å²) in [5.74, 6) is 1.54. The molecule has 0 unspecified atom stereocenters. The van der Waals surface area contributed by atoms with E-state index in [9.17, 15) is 0 Å². The fourth-order valence-corrected chi connectivity index (χ4v) is 2.09. The van der Waals surface area contributed by atoms with Crippen LogP contribution < -0.4 is 10.1 Å². The summed E-state index contributed by atoms with van der Waals surface area (Å²) in [4.78, 5) is 0. The minimum absolute atomic E-state index is 0.657. The summed E-state index contributed by atoms with van der Waals surface area (Å²) >= 11 is 0. The van der Waals surface area contributed by atoms with Gasteiger partial charge in [-0.05, 0) is 36.2 Å². The summed E-state index contributed by atoms with van der Waals surface area (Å²) in [7, 11) is 1.69. The van der Waals surface area contributed by atoms with Gasteiger partial charge >= 0.3 is 0 Å². The molecule has 0 aliphatic carbocycles. The first kappa shape index (κ1) is 14.6. The highest BCUT2D eigenvalue weighted by molar-refractivity contribution is 5.28. The van der Waals surface area contributed by atoms with E-state index in [1.165, 1.54) is 11.3 Å². The second-order valence-electron chi connectivity index (χ2n) is 5.36. The average Bonchev–Trinajstić information content (AvgIpc) is 2.86. The van der Waals surface area contributed by atoms with Crippen LogP contribution in [0.15, 0.2) is 36.5 Å². The van der Waals surface area contributed by atoms with Crippen molar-refractivity contribution >= 4 is 0 Å². The molecule has 0 fully saturated rings. The predicted octanol–water partition coefficient (Wildman–Crippen LogP) is 2.69. The van der Waals surface area contributed by atoms with Crippen molar-refractivity contribution in [1.29, 1.82) is 0 Å². The number of ether oxygens (including phenoxy) is 1. The molecule has 0 atom stereocenters. The number of rotatable bonds is 7. The molecule has 0 saturated heterocycles. The molecule has 1 aromatic carbocycles. The molecule has 0 bridgehead atoms. The first-order valence-corrected chi connectivity index (χ1v) is 7.03. The van der Waals surface area contributed by atoms with E-state index < -0.39 is 0 Å². The molecule has 2 rings (SSSR count). The van der Waals surface area contributed by atoms with Gasteiger partial charge in [0.15, 0.2) is 0 Å².